The van der Waals surface area contributed by atoms with Gasteiger partial charge in [-0.15, -0.1) is 0 Å². The van der Waals surface area contributed by atoms with Gasteiger partial charge in [0.05, 0.1) is 7.11 Å². The van der Waals surface area contributed by atoms with Crippen LogP contribution in [-0.2, 0) is 22.6 Å². The molecule has 1 atom stereocenters. The fraction of sp³-hybridized carbons (Fsp3) is 0.440. The number of carbonyl (C=O) groups excluding carboxylic acids is 2. The molecule has 0 aliphatic carbocycles. The number of methoxy groups -OCH3 is 1. The molecule has 0 spiro atoms. The molecular weight excluding hydrogens is 376 g/mol. The van der Waals surface area contributed by atoms with E-state index in [-0.39, 0.29) is 11.8 Å². The second-order valence-electron chi connectivity index (χ2n) is 7.42. The number of ether oxygens (including phenoxy) is 1. The van der Waals surface area contributed by atoms with E-state index < -0.39 is 6.04 Å². The van der Waals surface area contributed by atoms with Gasteiger partial charge < -0.3 is 15.0 Å². The van der Waals surface area contributed by atoms with Crippen molar-refractivity contribution in [1.29, 1.82) is 0 Å². The summed E-state index contributed by atoms with van der Waals surface area (Å²) in [5, 5.41) is 2.99. The highest BCUT2D eigenvalue weighted by Gasteiger charge is 2.28. The predicted octanol–water partition coefficient (Wildman–Crippen LogP) is 4.35. The molecule has 5 nitrogen and oxygen atoms in total. The molecule has 2 aromatic rings. The quantitative estimate of drug-likeness (QED) is 0.529. The minimum Gasteiger partial charge on any atom is -0.497 e. The summed E-state index contributed by atoms with van der Waals surface area (Å²) < 4.78 is 5.23. The van der Waals surface area contributed by atoms with E-state index >= 15 is 0 Å². The number of unbranched alkanes of at least 4 members (excludes halogenated alkanes) is 1. The molecular formula is C25H34N2O3. The van der Waals surface area contributed by atoms with Gasteiger partial charge in [0.1, 0.15) is 11.8 Å². The summed E-state index contributed by atoms with van der Waals surface area (Å²) in [6.45, 7) is 5.08. The van der Waals surface area contributed by atoms with Crippen LogP contribution in [0.15, 0.2) is 54.6 Å². The normalized spacial score (nSPS) is 11.6. The van der Waals surface area contributed by atoms with Crippen LogP contribution in [0.1, 0.15) is 50.7 Å². The van der Waals surface area contributed by atoms with Crippen molar-refractivity contribution in [3.8, 4) is 5.75 Å². The molecule has 0 fully saturated rings. The summed E-state index contributed by atoms with van der Waals surface area (Å²) in [6, 6.07) is 17.1. The number of rotatable bonds is 12. The SMILES string of the molecule is CCCCNC(=O)[C@H](CC)N(Cc1ccc(OC)cc1)C(=O)CCc1ccccc1. The molecule has 0 radical (unpaired) electrons. The Morgan fingerprint density at radius 2 is 1.70 bits per heavy atom. The lowest BCUT2D eigenvalue weighted by Gasteiger charge is -2.31. The van der Waals surface area contributed by atoms with E-state index in [0.29, 0.717) is 32.4 Å². The molecule has 0 aliphatic rings. The molecule has 2 amide bonds. The third-order valence-corrected chi connectivity index (χ3v) is 5.20. The average molecular weight is 411 g/mol. The third-order valence-electron chi connectivity index (χ3n) is 5.20. The maximum absolute atomic E-state index is 13.2. The first kappa shape index (κ1) is 23.5. The molecule has 5 heteroatoms. The van der Waals surface area contributed by atoms with E-state index in [2.05, 4.69) is 12.2 Å². The summed E-state index contributed by atoms with van der Waals surface area (Å²) in [7, 11) is 1.63. The van der Waals surface area contributed by atoms with Gasteiger partial charge in [-0.25, -0.2) is 0 Å². The van der Waals surface area contributed by atoms with Crippen LogP contribution in [0.25, 0.3) is 0 Å². The van der Waals surface area contributed by atoms with E-state index in [9.17, 15) is 9.59 Å². The van der Waals surface area contributed by atoms with Crippen molar-refractivity contribution in [2.24, 2.45) is 0 Å². The van der Waals surface area contributed by atoms with Gasteiger partial charge in [-0.2, -0.15) is 0 Å². The molecule has 0 saturated carbocycles. The Bertz CT molecular complexity index is 775. The van der Waals surface area contributed by atoms with Crippen LogP contribution in [0, 0.1) is 0 Å². The topological polar surface area (TPSA) is 58.6 Å². The number of benzene rings is 2. The molecule has 0 aromatic heterocycles. The summed E-state index contributed by atoms with van der Waals surface area (Å²) in [4.78, 5) is 27.8. The molecule has 162 valence electrons. The van der Waals surface area contributed by atoms with Crippen LogP contribution in [0.2, 0.25) is 0 Å². The number of amides is 2. The fourth-order valence-electron chi connectivity index (χ4n) is 3.39. The highest BCUT2D eigenvalue weighted by atomic mass is 16.5. The zero-order valence-electron chi connectivity index (χ0n) is 18.4. The van der Waals surface area contributed by atoms with Crippen molar-refractivity contribution in [3.05, 3.63) is 65.7 Å². The molecule has 0 heterocycles. The van der Waals surface area contributed by atoms with Crippen molar-refractivity contribution < 1.29 is 14.3 Å². The Kier molecular flexibility index (Phi) is 9.92. The third kappa shape index (κ3) is 7.21. The number of hydrogen-bond donors (Lipinski definition) is 1. The van der Waals surface area contributed by atoms with Crippen molar-refractivity contribution in [2.75, 3.05) is 13.7 Å². The van der Waals surface area contributed by atoms with Gasteiger partial charge in [-0.1, -0.05) is 62.7 Å². The first-order valence-electron chi connectivity index (χ1n) is 10.8. The fourth-order valence-corrected chi connectivity index (χ4v) is 3.39. The van der Waals surface area contributed by atoms with Gasteiger partial charge in [0, 0.05) is 19.5 Å². The number of aryl methyl sites for hydroxylation is 1. The van der Waals surface area contributed by atoms with Crippen LogP contribution in [0.3, 0.4) is 0 Å². The van der Waals surface area contributed by atoms with E-state index in [1.54, 1.807) is 12.0 Å². The van der Waals surface area contributed by atoms with Gasteiger partial charge in [-0.05, 0) is 42.5 Å². The Morgan fingerprint density at radius 1 is 1.00 bits per heavy atom. The molecule has 0 aliphatic heterocycles. The second kappa shape index (κ2) is 12.7. The monoisotopic (exact) mass is 410 g/mol. The zero-order valence-corrected chi connectivity index (χ0v) is 18.4. The Labute approximate surface area is 180 Å². The molecule has 1 N–H and O–H groups in total. The van der Waals surface area contributed by atoms with Crippen molar-refractivity contribution in [1.82, 2.24) is 10.2 Å². The van der Waals surface area contributed by atoms with Crippen molar-refractivity contribution in [3.63, 3.8) is 0 Å². The maximum atomic E-state index is 13.2. The van der Waals surface area contributed by atoms with Crippen molar-refractivity contribution in [2.45, 2.75) is 58.5 Å². The number of nitrogens with one attached hydrogen (secondary N) is 1. The maximum Gasteiger partial charge on any atom is 0.242 e. The van der Waals surface area contributed by atoms with Crippen LogP contribution in [0.5, 0.6) is 5.75 Å². The van der Waals surface area contributed by atoms with Gasteiger partial charge in [0.2, 0.25) is 11.8 Å². The van der Waals surface area contributed by atoms with E-state index in [4.69, 9.17) is 4.74 Å². The molecule has 0 saturated heterocycles. The van der Waals surface area contributed by atoms with E-state index in [1.165, 1.54) is 0 Å². The van der Waals surface area contributed by atoms with Crippen molar-refractivity contribution >= 4 is 11.8 Å². The lowest BCUT2D eigenvalue weighted by molar-refractivity contribution is -0.141. The van der Waals surface area contributed by atoms with Crippen LogP contribution in [0.4, 0.5) is 0 Å². The Morgan fingerprint density at radius 3 is 2.30 bits per heavy atom. The summed E-state index contributed by atoms with van der Waals surface area (Å²) in [6.07, 6.45) is 3.56. The molecule has 0 bridgehead atoms. The average Bonchev–Trinajstić information content (AvgIpc) is 2.78. The largest absolute Gasteiger partial charge is 0.497 e. The summed E-state index contributed by atoms with van der Waals surface area (Å²) >= 11 is 0. The molecule has 2 aromatic carbocycles. The standard InChI is InChI=1S/C25H34N2O3/c1-4-6-18-26-25(29)23(5-2)27(19-21-12-15-22(30-3)16-13-21)24(28)17-14-20-10-8-7-9-11-20/h7-13,15-16,23H,4-6,14,17-19H2,1-3H3,(H,26,29)/t23-/m0/s1. The molecule has 30 heavy (non-hydrogen) atoms. The lowest BCUT2D eigenvalue weighted by Crippen LogP contribution is -2.49. The minimum absolute atomic E-state index is 0.00726. The molecule has 2 rings (SSSR count). The highest BCUT2D eigenvalue weighted by molar-refractivity contribution is 5.87. The zero-order chi connectivity index (χ0) is 21.8. The number of hydrogen-bond acceptors (Lipinski definition) is 3. The minimum atomic E-state index is -0.479. The second-order valence-corrected chi connectivity index (χ2v) is 7.42. The number of nitrogens with zero attached hydrogens (tertiary/aromatic N) is 1. The lowest BCUT2D eigenvalue weighted by atomic mass is 10.1. The van der Waals surface area contributed by atoms with E-state index in [0.717, 1.165) is 29.7 Å². The van der Waals surface area contributed by atoms with Crippen LogP contribution >= 0.6 is 0 Å². The van der Waals surface area contributed by atoms with E-state index in [1.807, 2.05) is 61.5 Å². The van der Waals surface area contributed by atoms with Gasteiger partial charge in [0.25, 0.3) is 0 Å². The summed E-state index contributed by atoms with van der Waals surface area (Å²) in [5.74, 6) is 0.685. The Hall–Kier alpha value is -2.82. The predicted molar refractivity (Wildman–Crippen MR) is 120 cm³/mol. The molecule has 0 unspecified atom stereocenters. The van der Waals surface area contributed by atoms with Gasteiger partial charge in [-0.3, -0.25) is 9.59 Å². The Balaban J connectivity index is 2.15. The van der Waals surface area contributed by atoms with Crippen LogP contribution < -0.4 is 10.1 Å². The number of carbonyl (C=O) groups is 2. The first-order chi connectivity index (χ1) is 14.6. The first-order valence-corrected chi connectivity index (χ1v) is 10.8. The van der Waals surface area contributed by atoms with Gasteiger partial charge >= 0.3 is 0 Å². The highest BCUT2D eigenvalue weighted by Crippen LogP contribution is 2.17. The van der Waals surface area contributed by atoms with Gasteiger partial charge in [0.15, 0.2) is 0 Å². The summed E-state index contributed by atoms with van der Waals surface area (Å²) in [5.41, 5.74) is 2.10. The van der Waals surface area contributed by atoms with Crippen LogP contribution in [-0.4, -0.2) is 36.4 Å². The smallest absolute Gasteiger partial charge is 0.242 e.